The lowest BCUT2D eigenvalue weighted by atomic mass is 10.2. The van der Waals surface area contributed by atoms with Crippen LogP contribution in [0.25, 0.3) is 0 Å². The molecule has 1 saturated heterocycles. The largest absolute Gasteiger partial charge is 0.378 e. The number of anilines is 2. The number of morpholine rings is 1. The maximum Gasteiger partial charge on any atom is 0.269 e. The Labute approximate surface area is 143 Å². The molecule has 1 aliphatic heterocycles. The van der Waals surface area contributed by atoms with Gasteiger partial charge in [-0.05, 0) is 30.3 Å². The summed E-state index contributed by atoms with van der Waals surface area (Å²) in [6.45, 7) is 2.34. The summed E-state index contributed by atoms with van der Waals surface area (Å²) in [7, 11) is 0. The molecule has 1 heterocycles. The zero-order valence-electron chi connectivity index (χ0n) is 13.3. The summed E-state index contributed by atoms with van der Waals surface area (Å²) >= 11 is 0. The number of nitro groups is 1. The first-order valence-electron chi connectivity index (χ1n) is 7.72. The highest BCUT2D eigenvalue weighted by Crippen LogP contribution is 2.24. The van der Waals surface area contributed by atoms with E-state index in [1.54, 1.807) is 12.1 Å². The van der Waals surface area contributed by atoms with Crippen LogP contribution in [0.4, 0.5) is 21.5 Å². The molecule has 25 heavy (non-hydrogen) atoms. The van der Waals surface area contributed by atoms with Gasteiger partial charge in [0.1, 0.15) is 5.82 Å². The van der Waals surface area contributed by atoms with Crippen LogP contribution in [0.3, 0.4) is 0 Å². The van der Waals surface area contributed by atoms with Crippen molar-refractivity contribution in [3.63, 3.8) is 0 Å². The van der Waals surface area contributed by atoms with Crippen LogP contribution in [-0.4, -0.2) is 37.1 Å². The zero-order chi connectivity index (χ0) is 17.8. The number of non-ortho nitro benzene ring substituents is 1. The third-order valence-corrected chi connectivity index (χ3v) is 3.90. The summed E-state index contributed by atoms with van der Waals surface area (Å²) in [5.74, 6) is -0.892. The number of ether oxygens (including phenoxy) is 1. The van der Waals surface area contributed by atoms with Crippen LogP contribution in [0, 0.1) is 15.9 Å². The average molecular weight is 345 g/mol. The Bertz CT molecular complexity index is 789. The summed E-state index contributed by atoms with van der Waals surface area (Å²) < 4.78 is 19.6. The van der Waals surface area contributed by atoms with Crippen LogP contribution in [-0.2, 0) is 4.74 Å². The number of halogens is 1. The molecule has 7 nitrogen and oxygen atoms in total. The van der Waals surface area contributed by atoms with E-state index in [0.717, 1.165) is 0 Å². The van der Waals surface area contributed by atoms with Crippen LogP contribution in [0.1, 0.15) is 10.4 Å². The van der Waals surface area contributed by atoms with Crippen LogP contribution in [0.5, 0.6) is 0 Å². The molecule has 0 radical (unpaired) electrons. The van der Waals surface area contributed by atoms with E-state index >= 15 is 0 Å². The summed E-state index contributed by atoms with van der Waals surface area (Å²) in [5.41, 5.74) is 0.940. The Kier molecular flexibility index (Phi) is 4.90. The van der Waals surface area contributed by atoms with Gasteiger partial charge in [0.15, 0.2) is 0 Å². The molecule has 1 amide bonds. The first-order valence-corrected chi connectivity index (χ1v) is 7.72. The fraction of sp³-hybridized carbons (Fsp3) is 0.235. The molecule has 2 aromatic rings. The van der Waals surface area contributed by atoms with Crippen molar-refractivity contribution in [3.8, 4) is 0 Å². The van der Waals surface area contributed by atoms with Crippen molar-refractivity contribution in [3.05, 3.63) is 64.0 Å². The van der Waals surface area contributed by atoms with Crippen molar-refractivity contribution in [2.24, 2.45) is 0 Å². The normalized spacial score (nSPS) is 14.2. The average Bonchev–Trinajstić information content (AvgIpc) is 2.62. The van der Waals surface area contributed by atoms with Crippen LogP contribution in [0.2, 0.25) is 0 Å². The zero-order valence-corrected chi connectivity index (χ0v) is 13.3. The van der Waals surface area contributed by atoms with Crippen molar-refractivity contribution < 1.29 is 18.8 Å². The van der Waals surface area contributed by atoms with E-state index in [4.69, 9.17) is 4.74 Å². The van der Waals surface area contributed by atoms with Gasteiger partial charge < -0.3 is 15.0 Å². The van der Waals surface area contributed by atoms with E-state index in [9.17, 15) is 19.3 Å². The third kappa shape index (κ3) is 3.92. The molecule has 0 saturated carbocycles. The molecular formula is C17H16FN3O4. The molecule has 2 aromatic carbocycles. The lowest BCUT2D eigenvalue weighted by molar-refractivity contribution is -0.384. The highest BCUT2D eigenvalue weighted by Gasteiger charge is 2.16. The highest BCUT2D eigenvalue weighted by atomic mass is 19.1. The lowest BCUT2D eigenvalue weighted by Gasteiger charge is -2.29. The topological polar surface area (TPSA) is 84.7 Å². The van der Waals surface area contributed by atoms with Gasteiger partial charge >= 0.3 is 0 Å². The molecule has 0 aliphatic carbocycles. The van der Waals surface area contributed by atoms with E-state index in [-0.39, 0.29) is 11.3 Å². The molecule has 0 spiro atoms. The van der Waals surface area contributed by atoms with Gasteiger partial charge in [-0.25, -0.2) is 4.39 Å². The molecule has 1 fully saturated rings. The predicted molar refractivity (Wildman–Crippen MR) is 90.5 cm³/mol. The van der Waals surface area contributed by atoms with E-state index in [1.165, 1.54) is 30.3 Å². The predicted octanol–water partition coefficient (Wildman–Crippen LogP) is 2.82. The quantitative estimate of drug-likeness (QED) is 0.680. The number of hydrogen-bond donors (Lipinski definition) is 1. The van der Waals surface area contributed by atoms with Gasteiger partial charge in [-0.1, -0.05) is 0 Å². The van der Waals surface area contributed by atoms with Crippen LogP contribution < -0.4 is 10.2 Å². The van der Waals surface area contributed by atoms with E-state index in [1.807, 2.05) is 4.90 Å². The van der Waals surface area contributed by atoms with Gasteiger partial charge in [0.05, 0.1) is 23.8 Å². The SMILES string of the molecule is O=C(Nc1ccc(N2CCOCC2)c(F)c1)c1ccc([N+](=O)[O-])cc1. The molecule has 1 aliphatic rings. The van der Waals surface area contributed by atoms with Gasteiger partial charge in [0, 0.05) is 36.5 Å². The molecule has 0 atom stereocenters. The molecule has 1 N–H and O–H groups in total. The Morgan fingerprint density at radius 3 is 2.44 bits per heavy atom. The minimum atomic E-state index is -0.540. The number of carbonyl (C=O) groups is 1. The Balaban J connectivity index is 1.70. The third-order valence-electron chi connectivity index (χ3n) is 3.90. The number of amides is 1. The van der Waals surface area contributed by atoms with Crippen molar-refractivity contribution in [1.82, 2.24) is 0 Å². The van der Waals surface area contributed by atoms with Gasteiger partial charge in [-0.2, -0.15) is 0 Å². The molecule has 0 aromatic heterocycles. The van der Waals surface area contributed by atoms with Crippen LogP contribution in [0.15, 0.2) is 42.5 Å². The first kappa shape index (κ1) is 16.8. The van der Waals surface area contributed by atoms with E-state index < -0.39 is 16.6 Å². The second kappa shape index (κ2) is 7.27. The maximum absolute atomic E-state index is 14.3. The number of nitrogens with one attached hydrogen (secondary N) is 1. The van der Waals surface area contributed by atoms with Gasteiger partial charge in [-0.15, -0.1) is 0 Å². The minimum Gasteiger partial charge on any atom is -0.378 e. The molecule has 130 valence electrons. The first-order chi connectivity index (χ1) is 12.0. The van der Waals surface area contributed by atoms with Crippen molar-refractivity contribution in [2.45, 2.75) is 0 Å². The smallest absolute Gasteiger partial charge is 0.269 e. The Morgan fingerprint density at radius 1 is 1.16 bits per heavy atom. The molecular weight excluding hydrogens is 329 g/mol. The number of nitro benzene ring substituents is 1. The van der Waals surface area contributed by atoms with E-state index in [2.05, 4.69) is 5.32 Å². The second-order valence-corrected chi connectivity index (χ2v) is 5.52. The Morgan fingerprint density at radius 2 is 1.84 bits per heavy atom. The fourth-order valence-electron chi connectivity index (χ4n) is 2.58. The minimum absolute atomic E-state index is 0.0996. The maximum atomic E-state index is 14.3. The molecule has 8 heteroatoms. The fourth-order valence-corrected chi connectivity index (χ4v) is 2.58. The van der Waals surface area contributed by atoms with Gasteiger partial charge in [0.25, 0.3) is 11.6 Å². The van der Waals surface area contributed by atoms with Crippen molar-refractivity contribution in [2.75, 3.05) is 36.5 Å². The monoisotopic (exact) mass is 345 g/mol. The summed E-state index contributed by atoms with van der Waals surface area (Å²) in [5, 5.41) is 13.2. The van der Waals surface area contributed by atoms with Crippen LogP contribution >= 0.6 is 0 Å². The number of hydrogen-bond acceptors (Lipinski definition) is 5. The lowest BCUT2D eigenvalue weighted by Crippen LogP contribution is -2.36. The molecule has 3 rings (SSSR count). The summed E-state index contributed by atoms with van der Waals surface area (Å²) in [6, 6.07) is 9.70. The van der Waals surface area contributed by atoms with Crippen molar-refractivity contribution in [1.29, 1.82) is 0 Å². The van der Waals surface area contributed by atoms with Gasteiger partial charge in [0.2, 0.25) is 0 Å². The van der Waals surface area contributed by atoms with E-state index in [0.29, 0.717) is 37.7 Å². The standard InChI is InChI=1S/C17H16FN3O4/c18-15-11-13(3-6-16(15)20-7-9-25-10-8-20)19-17(22)12-1-4-14(5-2-12)21(23)24/h1-6,11H,7-10H2,(H,19,22). The number of carbonyl (C=O) groups excluding carboxylic acids is 1. The number of benzene rings is 2. The molecule has 0 unspecified atom stereocenters. The van der Waals surface area contributed by atoms with Crippen molar-refractivity contribution >= 4 is 23.0 Å². The van der Waals surface area contributed by atoms with Gasteiger partial charge in [-0.3, -0.25) is 14.9 Å². The molecule has 0 bridgehead atoms. The summed E-state index contributed by atoms with van der Waals surface area (Å²) in [6.07, 6.45) is 0. The Hall–Kier alpha value is -3.00. The number of rotatable bonds is 4. The number of nitrogens with zero attached hydrogens (tertiary/aromatic N) is 2. The summed E-state index contributed by atoms with van der Waals surface area (Å²) in [4.78, 5) is 24.1. The second-order valence-electron chi connectivity index (χ2n) is 5.52. The highest BCUT2D eigenvalue weighted by molar-refractivity contribution is 6.04.